The van der Waals surface area contributed by atoms with Gasteiger partial charge in [0.1, 0.15) is 5.60 Å². The summed E-state index contributed by atoms with van der Waals surface area (Å²) in [5, 5.41) is 13.3. The zero-order chi connectivity index (χ0) is 13.2. The molecule has 0 aromatic heterocycles. The topological polar surface area (TPSA) is 58.6 Å². The molecule has 1 aliphatic rings. The minimum Gasteiger partial charge on any atom is -0.386 e. The van der Waals surface area contributed by atoms with Crippen LogP contribution in [0.1, 0.15) is 16.8 Å². The van der Waals surface area contributed by atoms with E-state index >= 15 is 0 Å². The van der Waals surface area contributed by atoms with Gasteiger partial charge < -0.3 is 15.2 Å². The molecule has 1 aromatic rings. The van der Waals surface area contributed by atoms with Crippen LogP contribution in [-0.2, 0) is 4.74 Å². The molecular weight excluding hydrogens is 321 g/mol. The number of amides is 1. The molecule has 1 heterocycles. The molecule has 1 saturated heterocycles. The van der Waals surface area contributed by atoms with Gasteiger partial charge in [-0.05, 0) is 34.1 Å². The molecule has 2 N–H and O–H groups in total. The van der Waals surface area contributed by atoms with Crippen LogP contribution in [0.4, 0.5) is 0 Å². The monoisotopic (exact) mass is 333 g/mol. The van der Waals surface area contributed by atoms with Gasteiger partial charge in [-0.25, -0.2) is 0 Å². The summed E-state index contributed by atoms with van der Waals surface area (Å²) in [5.41, 5.74) is -0.462. The zero-order valence-electron chi connectivity index (χ0n) is 9.58. The number of hydrogen-bond acceptors (Lipinski definition) is 3. The molecule has 0 aliphatic carbocycles. The average molecular weight is 335 g/mol. The van der Waals surface area contributed by atoms with Gasteiger partial charge in [0.15, 0.2) is 0 Å². The predicted octanol–water partition coefficient (Wildman–Crippen LogP) is 1.98. The first-order valence-corrected chi connectivity index (χ1v) is 6.71. The second-order valence-corrected chi connectivity index (χ2v) is 5.62. The lowest BCUT2D eigenvalue weighted by Crippen LogP contribution is -2.43. The Labute approximate surface area is 118 Å². The van der Waals surface area contributed by atoms with Crippen molar-refractivity contribution in [2.75, 3.05) is 19.8 Å². The molecule has 1 aromatic carbocycles. The number of halogens is 2. The van der Waals surface area contributed by atoms with Crippen molar-refractivity contribution in [2.24, 2.45) is 0 Å². The highest BCUT2D eigenvalue weighted by Gasteiger charge is 2.32. The van der Waals surface area contributed by atoms with E-state index in [1.807, 2.05) is 0 Å². The second-order valence-electron chi connectivity index (χ2n) is 4.33. The largest absolute Gasteiger partial charge is 0.386 e. The third-order valence-electron chi connectivity index (χ3n) is 2.84. The number of ether oxygens (including phenoxy) is 1. The van der Waals surface area contributed by atoms with Crippen molar-refractivity contribution in [3.8, 4) is 0 Å². The van der Waals surface area contributed by atoms with Crippen molar-refractivity contribution in [1.29, 1.82) is 0 Å². The Morgan fingerprint density at radius 2 is 2.39 bits per heavy atom. The summed E-state index contributed by atoms with van der Waals surface area (Å²) in [6.45, 7) is 0.965. The van der Waals surface area contributed by atoms with Gasteiger partial charge >= 0.3 is 0 Å². The van der Waals surface area contributed by atoms with E-state index in [0.29, 0.717) is 28.1 Å². The van der Waals surface area contributed by atoms with Crippen LogP contribution in [0.3, 0.4) is 0 Å². The molecule has 6 heteroatoms. The zero-order valence-corrected chi connectivity index (χ0v) is 11.9. The first kappa shape index (κ1) is 13.8. The quantitative estimate of drug-likeness (QED) is 0.889. The fraction of sp³-hybridized carbons (Fsp3) is 0.417. The van der Waals surface area contributed by atoms with Crippen molar-refractivity contribution in [3.63, 3.8) is 0 Å². The third-order valence-corrected chi connectivity index (χ3v) is 3.73. The summed E-state index contributed by atoms with van der Waals surface area (Å²) >= 11 is 9.09. The third kappa shape index (κ3) is 3.23. The molecule has 1 fully saturated rings. The van der Waals surface area contributed by atoms with Crippen molar-refractivity contribution >= 4 is 33.4 Å². The molecule has 1 amide bonds. The van der Waals surface area contributed by atoms with E-state index in [-0.39, 0.29) is 19.1 Å². The highest BCUT2D eigenvalue weighted by atomic mass is 79.9. The number of benzene rings is 1. The molecule has 1 unspecified atom stereocenters. The lowest BCUT2D eigenvalue weighted by atomic mass is 10.0. The van der Waals surface area contributed by atoms with Gasteiger partial charge in [-0.3, -0.25) is 4.79 Å². The number of carbonyl (C=O) groups is 1. The lowest BCUT2D eigenvalue weighted by molar-refractivity contribution is 0.0264. The van der Waals surface area contributed by atoms with E-state index in [4.69, 9.17) is 16.3 Å². The maximum atomic E-state index is 11.9. The van der Waals surface area contributed by atoms with E-state index < -0.39 is 5.60 Å². The SMILES string of the molecule is O=C(NCC1(O)CCOC1)c1ccc(Cl)cc1Br. The fourth-order valence-electron chi connectivity index (χ4n) is 1.75. The van der Waals surface area contributed by atoms with E-state index in [2.05, 4.69) is 21.2 Å². The number of nitrogens with one attached hydrogen (secondary N) is 1. The molecule has 0 radical (unpaired) electrons. The molecule has 2 rings (SSSR count). The van der Waals surface area contributed by atoms with Crippen LogP contribution in [0.5, 0.6) is 0 Å². The van der Waals surface area contributed by atoms with Gasteiger partial charge in [0.2, 0.25) is 0 Å². The lowest BCUT2D eigenvalue weighted by Gasteiger charge is -2.20. The molecule has 0 bridgehead atoms. The van der Waals surface area contributed by atoms with Gasteiger partial charge in [-0.15, -0.1) is 0 Å². The molecule has 1 atom stereocenters. The molecule has 18 heavy (non-hydrogen) atoms. The average Bonchev–Trinajstić information content (AvgIpc) is 2.74. The highest BCUT2D eigenvalue weighted by Crippen LogP contribution is 2.22. The van der Waals surface area contributed by atoms with Crippen molar-refractivity contribution in [3.05, 3.63) is 33.3 Å². The van der Waals surface area contributed by atoms with Crippen LogP contribution in [0.15, 0.2) is 22.7 Å². The first-order valence-electron chi connectivity index (χ1n) is 5.54. The molecule has 4 nitrogen and oxygen atoms in total. The summed E-state index contributed by atoms with van der Waals surface area (Å²) in [4.78, 5) is 11.9. The Hall–Kier alpha value is -0.620. The van der Waals surface area contributed by atoms with Gasteiger partial charge in [0.25, 0.3) is 5.91 Å². The molecule has 98 valence electrons. The number of hydrogen-bond donors (Lipinski definition) is 2. The van der Waals surface area contributed by atoms with Crippen LogP contribution in [-0.4, -0.2) is 36.4 Å². The number of aliphatic hydroxyl groups is 1. The van der Waals surface area contributed by atoms with Crippen LogP contribution in [0, 0.1) is 0 Å². The molecule has 1 aliphatic heterocycles. The van der Waals surface area contributed by atoms with Crippen molar-refractivity contribution in [1.82, 2.24) is 5.32 Å². The summed E-state index contributed by atoms with van der Waals surface area (Å²) < 4.78 is 5.74. The maximum Gasteiger partial charge on any atom is 0.252 e. The molecule has 0 spiro atoms. The minimum atomic E-state index is -0.950. The Morgan fingerprint density at radius 1 is 1.61 bits per heavy atom. The van der Waals surface area contributed by atoms with E-state index in [9.17, 15) is 9.90 Å². The Kier molecular flexibility index (Phi) is 4.27. The van der Waals surface area contributed by atoms with Crippen LogP contribution < -0.4 is 5.32 Å². The maximum absolute atomic E-state index is 11.9. The fourth-order valence-corrected chi connectivity index (χ4v) is 2.61. The highest BCUT2D eigenvalue weighted by molar-refractivity contribution is 9.10. The number of carbonyl (C=O) groups excluding carboxylic acids is 1. The van der Waals surface area contributed by atoms with E-state index in [0.717, 1.165) is 0 Å². The molecule has 0 saturated carbocycles. The first-order chi connectivity index (χ1) is 8.50. The van der Waals surface area contributed by atoms with Crippen LogP contribution in [0.2, 0.25) is 5.02 Å². The normalized spacial score (nSPS) is 23.1. The van der Waals surface area contributed by atoms with Gasteiger partial charge in [0.05, 0.1) is 12.2 Å². The minimum absolute atomic E-state index is 0.181. The Morgan fingerprint density at radius 3 is 3.00 bits per heavy atom. The summed E-state index contributed by atoms with van der Waals surface area (Å²) in [5.74, 6) is -0.251. The number of rotatable bonds is 3. The van der Waals surface area contributed by atoms with E-state index in [1.54, 1.807) is 18.2 Å². The van der Waals surface area contributed by atoms with Crippen molar-refractivity contribution < 1.29 is 14.6 Å². The second kappa shape index (κ2) is 5.57. The standard InChI is InChI=1S/C12H13BrClNO3/c13-10-5-8(14)1-2-9(10)11(16)15-6-12(17)3-4-18-7-12/h1-2,5,17H,3-4,6-7H2,(H,15,16). The molecular formula is C12H13BrClNO3. The Balaban J connectivity index is 1.99. The van der Waals surface area contributed by atoms with Crippen LogP contribution >= 0.6 is 27.5 Å². The predicted molar refractivity (Wildman–Crippen MR) is 71.9 cm³/mol. The van der Waals surface area contributed by atoms with E-state index in [1.165, 1.54) is 0 Å². The van der Waals surface area contributed by atoms with Crippen LogP contribution in [0.25, 0.3) is 0 Å². The van der Waals surface area contributed by atoms with Crippen molar-refractivity contribution in [2.45, 2.75) is 12.0 Å². The van der Waals surface area contributed by atoms with Gasteiger partial charge in [-0.1, -0.05) is 11.6 Å². The summed E-state index contributed by atoms with van der Waals surface area (Å²) in [6, 6.07) is 4.94. The summed E-state index contributed by atoms with van der Waals surface area (Å²) in [7, 11) is 0. The summed E-state index contributed by atoms with van der Waals surface area (Å²) in [6.07, 6.45) is 0.537. The Bertz CT molecular complexity index is 461. The van der Waals surface area contributed by atoms with Gasteiger partial charge in [-0.2, -0.15) is 0 Å². The van der Waals surface area contributed by atoms with Gasteiger partial charge in [0, 0.05) is 29.1 Å². The smallest absolute Gasteiger partial charge is 0.252 e.